The lowest BCUT2D eigenvalue weighted by molar-refractivity contribution is 0.0520. The summed E-state index contributed by atoms with van der Waals surface area (Å²) in [5.74, 6) is -0.740. The average Bonchev–Trinajstić information content (AvgIpc) is 2.23. The molecule has 3 nitrogen and oxygen atoms in total. The van der Waals surface area contributed by atoms with E-state index in [1.54, 1.807) is 19.9 Å². The molecule has 0 unspecified atom stereocenters. The summed E-state index contributed by atoms with van der Waals surface area (Å²) < 4.78 is 23.6. The number of hydrogen-bond acceptors (Lipinski definition) is 3. The summed E-state index contributed by atoms with van der Waals surface area (Å²) in [6.45, 7) is 5.77. The highest BCUT2D eigenvalue weighted by Gasteiger charge is 2.16. The van der Waals surface area contributed by atoms with E-state index in [1.807, 2.05) is 6.92 Å². The van der Waals surface area contributed by atoms with Gasteiger partial charge in [0, 0.05) is 0 Å². The second kappa shape index (κ2) is 5.49. The molecule has 1 rings (SSSR count). The van der Waals surface area contributed by atoms with E-state index >= 15 is 0 Å². The maximum atomic E-state index is 13.6. The molecule has 0 atom stereocenters. The molecule has 0 saturated heterocycles. The second-order valence-corrected chi connectivity index (χ2v) is 3.26. The van der Waals surface area contributed by atoms with E-state index < -0.39 is 11.8 Å². The lowest BCUT2D eigenvalue weighted by Crippen LogP contribution is -2.09. The van der Waals surface area contributed by atoms with Crippen LogP contribution < -0.4 is 4.74 Å². The third-order valence-corrected chi connectivity index (χ3v) is 2.03. The molecule has 88 valence electrons. The largest absolute Gasteiger partial charge is 0.494 e. The molecular weight excluding hydrogens is 211 g/mol. The first-order valence-corrected chi connectivity index (χ1v) is 5.20. The molecule has 16 heavy (non-hydrogen) atoms. The summed E-state index contributed by atoms with van der Waals surface area (Å²) in [4.78, 5) is 11.5. The lowest BCUT2D eigenvalue weighted by atomic mass is 10.1. The molecule has 0 aliphatic rings. The summed E-state index contributed by atoms with van der Waals surface area (Å²) in [5.41, 5.74) is 0.291. The van der Waals surface area contributed by atoms with Crippen molar-refractivity contribution >= 4 is 5.97 Å². The first-order chi connectivity index (χ1) is 7.60. The third kappa shape index (κ3) is 2.72. The highest BCUT2D eigenvalue weighted by Crippen LogP contribution is 2.21. The topological polar surface area (TPSA) is 35.5 Å². The summed E-state index contributed by atoms with van der Waals surface area (Å²) in [6.07, 6.45) is 0. The molecule has 0 amide bonds. The molecule has 1 aromatic carbocycles. The van der Waals surface area contributed by atoms with Crippen LogP contribution in [0.5, 0.6) is 5.75 Å². The van der Waals surface area contributed by atoms with Crippen molar-refractivity contribution in [3.63, 3.8) is 0 Å². The molecule has 0 radical (unpaired) electrons. The Morgan fingerprint density at radius 1 is 1.31 bits per heavy atom. The van der Waals surface area contributed by atoms with E-state index in [1.165, 1.54) is 6.07 Å². The minimum atomic E-state index is -0.662. The van der Waals surface area contributed by atoms with Gasteiger partial charge in [0.2, 0.25) is 0 Å². The maximum absolute atomic E-state index is 13.6. The van der Waals surface area contributed by atoms with Crippen molar-refractivity contribution in [1.82, 2.24) is 0 Å². The first-order valence-electron chi connectivity index (χ1n) is 5.20. The number of rotatable bonds is 4. The van der Waals surface area contributed by atoms with E-state index in [0.29, 0.717) is 17.9 Å². The van der Waals surface area contributed by atoms with Crippen LogP contribution in [0.2, 0.25) is 0 Å². The standard InChI is InChI=1S/C12H15FO3/c1-4-15-9-6-8(3)11(13)10(7-9)12(14)16-5-2/h6-7H,4-5H2,1-3H3. The Bertz CT molecular complexity index is 388. The van der Waals surface area contributed by atoms with Gasteiger partial charge in [-0.2, -0.15) is 0 Å². The smallest absolute Gasteiger partial charge is 0.341 e. The number of hydrogen-bond donors (Lipinski definition) is 0. The fourth-order valence-corrected chi connectivity index (χ4v) is 1.34. The Labute approximate surface area is 94.2 Å². The van der Waals surface area contributed by atoms with Gasteiger partial charge in [-0.15, -0.1) is 0 Å². The van der Waals surface area contributed by atoms with Crippen molar-refractivity contribution in [2.45, 2.75) is 20.8 Å². The molecule has 1 aromatic rings. The van der Waals surface area contributed by atoms with Crippen LogP contribution in [0.25, 0.3) is 0 Å². The van der Waals surface area contributed by atoms with Gasteiger partial charge >= 0.3 is 5.97 Å². The molecular formula is C12H15FO3. The van der Waals surface area contributed by atoms with Crippen LogP contribution in [0.1, 0.15) is 29.8 Å². The first kappa shape index (κ1) is 12.5. The van der Waals surface area contributed by atoms with Gasteiger partial charge in [0.25, 0.3) is 0 Å². The zero-order valence-electron chi connectivity index (χ0n) is 9.67. The highest BCUT2D eigenvalue weighted by molar-refractivity contribution is 5.90. The van der Waals surface area contributed by atoms with Crippen LogP contribution in [-0.4, -0.2) is 19.2 Å². The van der Waals surface area contributed by atoms with Crippen LogP contribution in [-0.2, 0) is 4.74 Å². The van der Waals surface area contributed by atoms with Crippen molar-refractivity contribution in [2.75, 3.05) is 13.2 Å². The van der Waals surface area contributed by atoms with E-state index in [9.17, 15) is 9.18 Å². The Morgan fingerprint density at radius 2 is 2.00 bits per heavy atom. The van der Waals surface area contributed by atoms with Crippen molar-refractivity contribution < 1.29 is 18.7 Å². The second-order valence-electron chi connectivity index (χ2n) is 3.26. The zero-order valence-corrected chi connectivity index (χ0v) is 9.67. The fraction of sp³-hybridized carbons (Fsp3) is 0.417. The summed E-state index contributed by atoms with van der Waals surface area (Å²) in [7, 11) is 0. The van der Waals surface area contributed by atoms with Crippen molar-refractivity contribution in [3.05, 3.63) is 29.1 Å². The molecule has 0 heterocycles. The van der Waals surface area contributed by atoms with Gasteiger partial charge in [-0.1, -0.05) is 0 Å². The monoisotopic (exact) mass is 226 g/mol. The molecule has 0 N–H and O–H groups in total. The van der Waals surface area contributed by atoms with Gasteiger partial charge in [-0.3, -0.25) is 0 Å². The molecule has 0 bridgehead atoms. The minimum absolute atomic E-state index is 0.0784. The van der Waals surface area contributed by atoms with Crippen LogP contribution in [0, 0.1) is 12.7 Å². The zero-order chi connectivity index (χ0) is 12.1. The van der Waals surface area contributed by atoms with E-state index in [-0.39, 0.29) is 12.2 Å². The van der Waals surface area contributed by atoms with E-state index in [2.05, 4.69) is 0 Å². The predicted octanol–water partition coefficient (Wildman–Crippen LogP) is 2.71. The van der Waals surface area contributed by atoms with Crippen LogP contribution >= 0.6 is 0 Å². The molecule has 0 aliphatic heterocycles. The number of carbonyl (C=O) groups is 1. The Morgan fingerprint density at radius 3 is 2.56 bits per heavy atom. The molecule has 0 aromatic heterocycles. The Hall–Kier alpha value is -1.58. The van der Waals surface area contributed by atoms with Gasteiger partial charge in [0.05, 0.1) is 18.8 Å². The molecule has 4 heteroatoms. The summed E-state index contributed by atoms with van der Waals surface area (Å²) >= 11 is 0. The normalized spacial score (nSPS) is 10.0. The Kier molecular flexibility index (Phi) is 4.28. The molecule has 0 saturated carbocycles. The molecule has 0 spiro atoms. The SMILES string of the molecule is CCOC(=O)c1cc(OCC)cc(C)c1F. The van der Waals surface area contributed by atoms with Crippen LogP contribution in [0.15, 0.2) is 12.1 Å². The van der Waals surface area contributed by atoms with Gasteiger partial charge in [-0.05, 0) is 38.5 Å². The lowest BCUT2D eigenvalue weighted by Gasteiger charge is -2.09. The fourth-order valence-electron chi connectivity index (χ4n) is 1.34. The van der Waals surface area contributed by atoms with Crippen LogP contribution in [0.4, 0.5) is 4.39 Å². The third-order valence-electron chi connectivity index (χ3n) is 2.03. The summed E-state index contributed by atoms with van der Waals surface area (Å²) in [5, 5.41) is 0. The number of esters is 1. The number of halogens is 1. The average molecular weight is 226 g/mol. The maximum Gasteiger partial charge on any atom is 0.341 e. The van der Waals surface area contributed by atoms with Gasteiger partial charge < -0.3 is 9.47 Å². The Balaban J connectivity index is 3.10. The van der Waals surface area contributed by atoms with Crippen molar-refractivity contribution in [2.24, 2.45) is 0 Å². The van der Waals surface area contributed by atoms with Crippen LogP contribution in [0.3, 0.4) is 0 Å². The molecule has 0 fully saturated rings. The highest BCUT2D eigenvalue weighted by atomic mass is 19.1. The van der Waals surface area contributed by atoms with Crippen molar-refractivity contribution in [1.29, 1.82) is 0 Å². The van der Waals surface area contributed by atoms with Gasteiger partial charge in [0.15, 0.2) is 0 Å². The molecule has 0 aliphatic carbocycles. The predicted molar refractivity (Wildman–Crippen MR) is 58.3 cm³/mol. The van der Waals surface area contributed by atoms with E-state index in [0.717, 1.165) is 0 Å². The number of aryl methyl sites for hydroxylation is 1. The number of carbonyl (C=O) groups excluding carboxylic acids is 1. The van der Waals surface area contributed by atoms with Gasteiger partial charge in [0.1, 0.15) is 11.6 Å². The van der Waals surface area contributed by atoms with Gasteiger partial charge in [-0.25, -0.2) is 9.18 Å². The number of ether oxygens (including phenoxy) is 2. The summed E-state index contributed by atoms with van der Waals surface area (Å²) in [6, 6.07) is 2.92. The number of benzene rings is 1. The quantitative estimate of drug-likeness (QED) is 0.740. The van der Waals surface area contributed by atoms with Crippen molar-refractivity contribution in [3.8, 4) is 5.75 Å². The van der Waals surface area contributed by atoms with E-state index in [4.69, 9.17) is 9.47 Å². The minimum Gasteiger partial charge on any atom is -0.494 e.